The van der Waals surface area contributed by atoms with Gasteiger partial charge in [-0.3, -0.25) is 4.79 Å². The predicted molar refractivity (Wildman–Crippen MR) is 126 cm³/mol. The summed E-state index contributed by atoms with van der Waals surface area (Å²) in [5.41, 5.74) is 2.72. The fourth-order valence-electron chi connectivity index (χ4n) is 4.15. The van der Waals surface area contributed by atoms with Crippen molar-refractivity contribution in [3.63, 3.8) is 0 Å². The normalized spacial score (nSPS) is 19.0. The first-order valence-corrected chi connectivity index (χ1v) is 10.4. The van der Waals surface area contributed by atoms with Crippen molar-refractivity contribution in [2.75, 3.05) is 4.90 Å². The van der Waals surface area contributed by atoms with E-state index >= 15 is 0 Å². The Morgan fingerprint density at radius 1 is 0.970 bits per heavy atom. The van der Waals surface area contributed by atoms with Gasteiger partial charge in [0.2, 0.25) is 5.91 Å². The third kappa shape index (κ3) is 4.96. The lowest BCUT2D eigenvalue weighted by Crippen LogP contribution is -2.55. The largest absolute Gasteiger partial charge is 0.508 e. The van der Waals surface area contributed by atoms with Gasteiger partial charge in [0.25, 0.3) is 0 Å². The number of hydrogen-bond acceptors (Lipinski definition) is 3. The third-order valence-electron chi connectivity index (χ3n) is 5.77. The van der Waals surface area contributed by atoms with E-state index in [0.29, 0.717) is 23.2 Å². The number of aliphatic hydroxyl groups excluding tert-OH is 1. The quantitative estimate of drug-likeness (QED) is 0.461. The summed E-state index contributed by atoms with van der Waals surface area (Å²) < 4.78 is 26.7. The molecule has 0 radical (unpaired) electrons. The summed E-state index contributed by atoms with van der Waals surface area (Å²) >= 11 is 0. The zero-order valence-corrected chi connectivity index (χ0v) is 17.5. The highest BCUT2D eigenvalue weighted by atomic mass is 19.1. The Labute approximate surface area is 192 Å². The molecule has 0 bridgehead atoms. The van der Waals surface area contributed by atoms with Gasteiger partial charge in [-0.15, -0.1) is 0 Å². The zero-order valence-electron chi connectivity index (χ0n) is 17.5. The maximum Gasteiger partial charge on any atom is 0.233 e. The molecule has 0 aromatic heterocycles. The van der Waals surface area contributed by atoms with Gasteiger partial charge in [0.15, 0.2) is 0 Å². The van der Waals surface area contributed by atoms with Crippen LogP contribution in [0.1, 0.15) is 37.9 Å². The van der Waals surface area contributed by atoms with Crippen LogP contribution in [0.25, 0.3) is 5.57 Å². The Kier molecular flexibility index (Phi) is 7.29. The van der Waals surface area contributed by atoms with E-state index in [-0.39, 0.29) is 36.8 Å². The summed E-state index contributed by atoms with van der Waals surface area (Å²) in [4.78, 5) is 14.7. The minimum Gasteiger partial charge on any atom is -0.508 e. The van der Waals surface area contributed by atoms with E-state index in [2.05, 4.69) is 0 Å². The summed E-state index contributed by atoms with van der Waals surface area (Å²) in [7, 11) is 0. The van der Waals surface area contributed by atoms with E-state index < -0.39 is 12.0 Å². The number of amides is 1. The topological polar surface area (TPSA) is 60.8 Å². The first kappa shape index (κ1) is 24.1. The summed E-state index contributed by atoms with van der Waals surface area (Å²) in [6, 6.07) is 17.9. The number of carbonyl (C=O) groups is 1. The Morgan fingerprint density at radius 2 is 1.52 bits per heavy atom. The molecular formula is C27H27F2NO3. The van der Waals surface area contributed by atoms with Crippen molar-refractivity contribution in [1.29, 1.82) is 0 Å². The number of phenols is 1. The maximum absolute atomic E-state index is 13.4. The van der Waals surface area contributed by atoms with Crippen LogP contribution in [-0.2, 0) is 4.79 Å². The summed E-state index contributed by atoms with van der Waals surface area (Å²) in [6.45, 7) is 1.63. The summed E-state index contributed by atoms with van der Waals surface area (Å²) in [5.74, 6) is -1.15. The van der Waals surface area contributed by atoms with Crippen molar-refractivity contribution in [2.24, 2.45) is 5.92 Å². The Bertz CT molecular complexity index is 1120. The molecule has 4 nitrogen and oxygen atoms in total. The molecule has 172 valence electrons. The lowest BCUT2D eigenvalue weighted by Gasteiger charge is -2.47. The maximum atomic E-state index is 13.4. The summed E-state index contributed by atoms with van der Waals surface area (Å²) in [5, 5.41) is 19.9. The number of nitrogens with zero attached hydrogens (tertiary/aromatic N) is 1. The van der Waals surface area contributed by atoms with Crippen LogP contribution in [0.15, 0.2) is 78.9 Å². The molecule has 1 aliphatic heterocycles. The average Bonchev–Trinajstić information content (AvgIpc) is 2.77. The molecule has 1 saturated heterocycles. The lowest BCUT2D eigenvalue weighted by atomic mass is 9.79. The second kappa shape index (κ2) is 9.96. The van der Waals surface area contributed by atoms with Gasteiger partial charge in [0.1, 0.15) is 17.4 Å². The minimum atomic E-state index is -0.795. The molecule has 0 saturated carbocycles. The molecule has 0 spiro atoms. The van der Waals surface area contributed by atoms with Crippen LogP contribution < -0.4 is 4.90 Å². The standard InChI is InChI=1S/C26H23F2NO3.CH4/c1-16(30)23(17-2-6-19(27)7-3-17)14-15-24-25(18-4-12-22(31)13-5-18)29(26(24)32)21-10-8-20(28)9-11-21;/h2-14,16,24-25,30-31H,15H2,1H3;1H4/b23-14+;/t16?,24-,25-;/m1./s1. The van der Waals surface area contributed by atoms with Gasteiger partial charge in [0, 0.05) is 5.69 Å². The van der Waals surface area contributed by atoms with Crippen LogP contribution in [0.4, 0.5) is 14.5 Å². The van der Waals surface area contributed by atoms with Crippen molar-refractivity contribution < 1.29 is 23.8 Å². The fourth-order valence-corrected chi connectivity index (χ4v) is 4.15. The first-order valence-electron chi connectivity index (χ1n) is 10.4. The molecule has 3 aromatic carbocycles. The van der Waals surface area contributed by atoms with Crippen LogP contribution in [0.3, 0.4) is 0 Å². The van der Waals surface area contributed by atoms with Gasteiger partial charge < -0.3 is 15.1 Å². The van der Waals surface area contributed by atoms with E-state index in [1.54, 1.807) is 60.4 Å². The van der Waals surface area contributed by atoms with Crippen LogP contribution in [0.5, 0.6) is 5.75 Å². The highest BCUT2D eigenvalue weighted by Crippen LogP contribution is 2.46. The average molecular weight is 452 g/mol. The number of halogens is 2. The number of aromatic hydroxyl groups is 1. The molecular weight excluding hydrogens is 424 g/mol. The monoisotopic (exact) mass is 451 g/mol. The minimum absolute atomic E-state index is 0. The number of hydrogen-bond donors (Lipinski definition) is 2. The van der Waals surface area contributed by atoms with Crippen molar-refractivity contribution in [1.82, 2.24) is 0 Å². The van der Waals surface area contributed by atoms with E-state index in [9.17, 15) is 23.8 Å². The second-order valence-corrected chi connectivity index (χ2v) is 7.91. The third-order valence-corrected chi connectivity index (χ3v) is 5.77. The van der Waals surface area contributed by atoms with E-state index in [4.69, 9.17) is 0 Å². The number of allylic oxidation sites excluding steroid dienone is 1. The second-order valence-electron chi connectivity index (χ2n) is 7.91. The number of β-lactam (4-membered cyclic amide) rings is 1. The lowest BCUT2D eigenvalue weighted by molar-refractivity contribution is -0.130. The zero-order chi connectivity index (χ0) is 22.8. The molecule has 33 heavy (non-hydrogen) atoms. The number of rotatable bonds is 6. The molecule has 1 amide bonds. The van der Waals surface area contributed by atoms with Crippen molar-refractivity contribution in [2.45, 2.75) is 32.9 Å². The highest BCUT2D eigenvalue weighted by molar-refractivity contribution is 6.03. The van der Waals surface area contributed by atoms with Crippen LogP contribution >= 0.6 is 0 Å². The smallest absolute Gasteiger partial charge is 0.233 e. The Morgan fingerprint density at radius 3 is 2.06 bits per heavy atom. The molecule has 6 heteroatoms. The molecule has 1 fully saturated rings. The number of benzene rings is 3. The van der Waals surface area contributed by atoms with Gasteiger partial charge in [-0.25, -0.2) is 8.78 Å². The van der Waals surface area contributed by atoms with Gasteiger partial charge in [-0.05, 0) is 78.6 Å². The van der Waals surface area contributed by atoms with Crippen LogP contribution in [0.2, 0.25) is 0 Å². The number of carbonyl (C=O) groups excluding carboxylic acids is 1. The number of anilines is 1. The van der Waals surface area contributed by atoms with Gasteiger partial charge in [0.05, 0.1) is 18.1 Å². The molecule has 3 atom stereocenters. The van der Waals surface area contributed by atoms with Crippen molar-refractivity contribution in [3.05, 3.63) is 102 Å². The van der Waals surface area contributed by atoms with Gasteiger partial charge >= 0.3 is 0 Å². The van der Waals surface area contributed by atoms with Crippen LogP contribution in [0, 0.1) is 17.6 Å². The molecule has 1 heterocycles. The predicted octanol–water partition coefficient (Wildman–Crippen LogP) is 5.87. The molecule has 3 aromatic rings. The summed E-state index contributed by atoms with van der Waals surface area (Å²) in [6.07, 6.45) is 1.38. The Balaban J connectivity index is 0.00000306. The SMILES string of the molecule is C.CC(O)/C(=C\C[C@H]1C(=O)N(c2ccc(F)cc2)[C@@H]1c1ccc(O)cc1)c1ccc(F)cc1. The van der Waals surface area contributed by atoms with Gasteiger partial charge in [-0.1, -0.05) is 37.8 Å². The van der Waals surface area contributed by atoms with Crippen LogP contribution in [-0.4, -0.2) is 22.2 Å². The molecule has 4 rings (SSSR count). The highest BCUT2D eigenvalue weighted by Gasteiger charge is 2.48. The number of aliphatic hydroxyl groups is 1. The molecule has 2 N–H and O–H groups in total. The first-order chi connectivity index (χ1) is 15.3. The van der Waals surface area contributed by atoms with Crippen molar-refractivity contribution >= 4 is 17.2 Å². The molecule has 1 unspecified atom stereocenters. The van der Waals surface area contributed by atoms with Gasteiger partial charge in [-0.2, -0.15) is 0 Å². The molecule has 1 aliphatic rings. The fraction of sp³-hybridized carbons (Fsp3) is 0.222. The van der Waals surface area contributed by atoms with Crippen molar-refractivity contribution in [3.8, 4) is 5.75 Å². The Hall–Kier alpha value is -3.51. The molecule has 0 aliphatic carbocycles. The van der Waals surface area contributed by atoms with E-state index in [1.807, 2.05) is 6.08 Å². The van der Waals surface area contributed by atoms with E-state index in [1.165, 1.54) is 24.3 Å². The number of phenolic OH excluding ortho intramolecular Hbond substituents is 1. The van der Waals surface area contributed by atoms with E-state index in [0.717, 1.165) is 5.56 Å².